The van der Waals surface area contributed by atoms with E-state index in [0.717, 1.165) is 22.2 Å². The van der Waals surface area contributed by atoms with E-state index in [0.29, 0.717) is 11.1 Å². The molecule has 3 rings (SSSR count). The van der Waals surface area contributed by atoms with Gasteiger partial charge in [-0.1, -0.05) is 12.1 Å². The maximum Gasteiger partial charge on any atom is 0.336 e. The van der Waals surface area contributed by atoms with E-state index in [-0.39, 0.29) is 0 Å². The number of hydrogen-bond donors (Lipinski definition) is 1. The Morgan fingerprint density at radius 3 is 2.48 bits per heavy atom. The average molecular weight is 281 g/mol. The van der Waals surface area contributed by atoms with Crippen LogP contribution in [0.5, 0.6) is 5.75 Å². The standard InChI is InChI=1S/C17H15NO3/c1-18-8-7-12-9-14(15(17(19)20)10-16(12)18)11-3-5-13(21-2)6-4-11/h3-10H,1-2H3,(H,19,20). The van der Waals surface area contributed by atoms with Crippen LogP contribution < -0.4 is 4.74 Å². The van der Waals surface area contributed by atoms with E-state index in [1.165, 1.54) is 0 Å². The van der Waals surface area contributed by atoms with Gasteiger partial charge >= 0.3 is 5.97 Å². The van der Waals surface area contributed by atoms with Crippen molar-refractivity contribution in [2.45, 2.75) is 0 Å². The van der Waals surface area contributed by atoms with Crippen LogP contribution in [0, 0.1) is 0 Å². The lowest BCUT2D eigenvalue weighted by Gasteiger charge is -2.09. The normalized spacial score (nSPS) is 10.8. The summed E-state index contributed by atoms with van der Waals surface area (Å²) in [4.78, 5) is 11.6. The van der Waals surface area contributed by atoms with Crippen molar-refractivity contribution in [3.05, 3.63) is 54.2 Å². The predicted octanol–water partition coefficient (Wildman–Crippen LogP) is 3.55. The summed E-state index contributed by atoms with van der Waals surface area (Å²) in [5, 5.41) is 10.5. The molecule has 0 saturated carbocycles. The summed E-state index contributed by atoms with van der Waals surface area (Å²) in [6, 6.07) is 13.0. The third-order valence-electron chi connectivity index (χ3n) is 3.66. The summed E-state index contributed by atoms with van der Waals surface area (Å²) >= 11 is 0. The first-order valence-corrected chi connectivity index (χ1v) is 6.57. The van der Waals surface area contributed by atoms with Crippen LogP contribution in [0.3, 0.4) is 0 Å². The lowest BCUT2D eigenvalue weighted by atomic mass is 9.98. The van der Waals surface area contributed by atoms with Crippen molar-refractivity contribution in [1.29, 1.82) is 0 Å². The van der Waals surface area contributed by atoms with Crippen molar-refractivity contribution < 1.29 is 14.6 Å². The Morgan fingerprint density at radius 2 is 1.86 bits per heavy atom. The highest BCUT2D eigenvalue weighted by atomic mass is 16.5. The molecule has 0 amide bonds. The molecule has 0 aliphatic rings. The van der Waals surface area contributed by atoms with E-state index in [9.17, 15) is 9.90 Å². The Kier molecular flexibility index (Phi) is 3.14. The molecule has 0 atom stereocenters. The van der Waals surface area contributed by atoms with Crippen molar-refractivity contribution in [2.24, 2.45) is 7.05 Å². The van der Waals surface area contributed by atoms with Crippen LogP contribution in [0.4, 0.5) is 0 Å². The number of benzene rings is 2. The summed E-state index contributed by atoms with van der Waals surface area (Å²) in [5.41, 5.74) is 2.78. The maximum atomic E-state index is 11.6. The second-order valence-electron chi connectivity index (χ2n) is 4.92. The van der Waals surface area contributed by atoms with Gasteiger partial charge in [0.15, 0.2) is 0 Å². The Bertz CT molecular complexity index is 816. The summed E-state index contributed by atoms with van der Waals surface area (Å²) < 4.78 is 7.05. The topological polar surface area (TPSA) is 51.5 Å². The Balaban J connectivity index is 2.23. The van der Waals surface area contributed by atoms with E-state index in [1.807, 2.05) is 54.2 Å². The third-order valence-corrected chi connectivity index (χ3v) is 3.66. The summed E-state index contributed by atoms with van der Waals surface area (Å²) in [6.45, 7) is 0. The maximum absolute atomic E-state index is 11.6. The third kappa shape index (κ3) is 2.25. The number of methoxy groups -OCH3 is 1. The largest absolute Gasteiger partial charge is 0.497 e. The molecule has 1 N–H and O–H groups in total. The van der Waals surface area contributed by atoms with Crippen molar-refractivity contribution in [2.75, 3.05) is 7.11 Å². The molecule has 0 aliphatic heterocycles. The van der Waals surface area contributed by atoms with Crippen LogP contribution >= 0.6 is 0 Å². The number of carboxylic acid groups (broad SMARTS) is 1. The first-order valence-electron chi connectivity index (χ1n) is 6.57. The molecular formula is C17H15NO3. The molecule has 0 spiro atoms. The summed E-state index contributed by atoms with van der Waals surface area (Å²) in [5.74, 6) is -0.180. The zero-order chi connectivity index (χ0) is 15.0. The fourth-order valence-electron chi connectivity index (χ4n) is 2.50. The zero-order valence-corrected chi connectivity index (χ0v) is 11.8. The first kappa shape index (κ1) is 13.2. The number of aromatic carboxylic acids is 1. The number of fused-ring (bicyclic) bond motifs is 1. The number of aromatic nitrogens is 1. The molecule has 0 fully saturated rings. The van der Waals surface area contributed by atoms with Gasteiger partial charge in [-0.05, 0) is 41.5 Å². The second-order valence-corrected chi connectivity index (χ2v) is 4.92. The van der Waals surface area contributed by atoms with Crippen LogP contribution in [0.15, 0.2) is 48.7 Å². The number of aryl methyl sites for hydroxylation is 1. The van der Waals surface area contributed by atoms with E-state index in [2.05, 4.69) is 0 Å². The molecule has 0 saturated heterocycles. The SMILES string of the molecule is COc1ccc(-c2cc3ccn(C)c3cc2C(=O)O)cc1. The summed E-state index contributed by atoms with van der Waals surface area (Å²) in [7, 11) is 3.51. The minimum absolute atomic E-state index is 0.300. The second kappa shape index (κ2) is 4.98. The van der Waals surface area contributed by atoms with Gasteiger partial charge in [0.05, 0.1) is 12.7 Å². The highest BCUT2D eigenvalue weighted by Gasteiger charge is 2.14. The van der Waals surface area contributed by atoms with Gasteiger partial charge in [0.1, 0.15) is 5.75 Å². The molecule has 1 heterocycles. The molecule has 1 aromatic heterocycles. The lowest BCUT2D eigenvalue weighted by Crippen LogP contribution is -2.00. The number of hydrogen-bond acceptors (Lipinski definition) is 2. The molecule has 2 aromatic carbocycles. The molecule has 3 aromatic rings. The van der Waals surface area contributed by atoms with Crippen LogP contribution in [-0.4, -0.2) is 22.8 Å². The highest BCUT2D eigenvalue weighted by Crippen LogP contribution is 2.30. The van der Waals surface area contributed by atoms with Crippen LogP contribution in [-0.2, 0) is 7.05 Å². The van der Waals surface area contributed by atoms with Crippen molar-refractivity contribution >= 4 is 16.9 Å². The molecule has 0 bridgehead atoms. The minimum atomic E-state index is -0.927. The molecule has 21 heavy (non-hydrogen) atoms. The monoisotopic (exact) mass is 281 g/mol. The predicted molar refractivity (Wildman–Crippen MR) is 81.9 cm³/mol. The van der Waals surface area contributed by atoms with Crippen LogP contribution in [0.2, 0.25) is 0 Å². The number of carboxylic acids is 1. The van der Waals surface area contributed by atoms with Gasteiger partial charge in [-0.25, -0.2) is 4.79 Å². The van der Waals surface area contributed by atoms with E-state index < -0.39 is 5.97 Å². The highest BCUT2D eigenvalue weighted by molar-refractivity contribution is 6.01. The Labute approximate surface area is 122 Å². The Hall–Kier alpha value is -2.75. The zero-order valence-electron chi connectivity index (χ0n) is 11.8. The fourth-order valence-corrected chi connectivity index (χ4v) is 2.50. The van der Waals surface area contributed by atoms with E-state index in [4.69, 9.17) is 4.74 Å². The fraction of sp³-hybridized carbons (Fsp3) is 0.118. The molecule has 4 heteroatoms. The van der Waals surface area contributed by atoms with Gasteiger partial charge < -0.3 is 14.4 Å². The average Bonchev–Trinajstić information content (AvgIpc) is 2.87. The molecular weight excluding hydrogens is 266 g/mol. The number of nitrogens with zero attached hydrogens (tertiary/aromatic N) is 1. The minimum Gasteiger partial charge on any atom is -0.497 e. The van der Waals surface area contributed by atoms with Crippen molar-refractivity contribution in [3.8, 4) is 16.9 Å². The number of rotatable bonds is 3. The quantitative estimate of drug-likeness (QED) is 0.798. The van der Waals surface area contributed by atoms with E-state index >= 15 is 0 Å². The first-order chi connectivity index (χ1) is 10.1. The van der Waals surface area contributed by atoms with Gasteiger partial charge in [0.2, 0.25) is 0 Å². The van der Waals surface area contributed by atoms with E-state index in [1.54, 1.807) is 13.2 Å². The van der Waals surface area contributed by atoms with Gasteiger partial charge in [-0.15, -0.1) is 0 Å². The van der Waals surface area contributed by atoms with Crippen molar-refractivity contribution in [1.82, 2.24) is 4.57 Å². The number of carbonyl (C=O) groups is 1. The molecule has 0 radical (unpaired) electrons. The van der Waals surface area contributed by atoms with Gasteiger partial charge in [0.25, 0.3) is 0 Å². The molecule has 4 nitrogen and oxygen atoms in total. The lowest BCUT2D eigenvalue weighted by molar-refractivity contribution is 0.0698. The van der Waals surface area contributed by atoms with Gasteiger partial charge in [-0.2, -0.15) is 0 Å². The van der Waals surface area contributed by atoms with Crippen LogP contribution in [0.1, 0.15) is 10.4 Å². The molecule has 0 aliphatic carbocycles. The number of ether oxygens (including phenoxy) is 1. The Morgan fingerprint density at radius 1 is 1.14 bits per heavy atom. The molecule has 0 unspecified atom stereocenters. The van der Waals surface area contributed by atoms with Crippen molar-refractivity contribution in [3.63, 3.8) is 0 Å². The van der Waals surface area contributed by atoms with Crippen LogP contribution in [0.25, 0.3) is 22.0 Å². The smallest absolute Gasteiger partial charge is 0.336 e. The molecule has 106 valence electrons. The van der Waals surface area contributed by atoms with Gasteiger partial charge in [-0.3, -0.25) is 0 Å². The summed E-state index contributed by atoms with van der Waals surface area (Å²) in [6.07, 6.45) is 1.92. The van der Waals surface area contributed by atoms with Gasteiger partial charge in [0, 0.05) is 24.1 Å².